The van der Waals surface area contributed by atoms with Crippen molar-refractivity contribution in [3.8, 4) is 5.88 Å². The summed E-state index contributed by atoms with van der Waals surface area (Å²) in [4.78, 5) is 19.4. The normalized spacial score (nSPS) is 20.3. The zero-order chi connectivity index (χ0) is 24.2. The van der Waals surface area contributed by atoms with Crippen molar-refractivity contribution in [2.24, 2.45) is 5.92 Å². The van der Waals surface area contributed by atoms with Crippen LogP contribution in [0.4, 0.5) is 0 Å². The molecule has 0 spiro atoms. The predicted octanol–water partition coefficient (Wildman–Crippen LogP) is 2.36. The van der Waals surface area contributed by atoms with E-state index in [-0.39, 0.29) is 36.4 Å². The fraction of sp³-hybridized carbons (Fsp3) is 0.417. The molecule has 3 rings (SSSR count). The van der Waals surface area contributed by atoms with Crippen molar-refractivity contribution in [3.05, 3.63) is 59.3 Å². The van der Waals surface area contributed by atoms with E-state index >= 15 is 0 Å². The Labute approximate surface area is 195 Å². The summed E-state index contributed by atoms with van der Waals surface area (Å²) in [6.45, 7) is 3.91. The molecule has 1 aromatic heterocycles. The minimum atomic E-state index is -3.41. The van der Waals surface area contributed by atoms with Crippen LogP contribution in [-0.4, -0.2) is 78.8 Å². The van der Waals surface area contributed by atoms with Gasteiger partial charge in [0, 0.05) is 25.7 Å². The molecule has 0 fully saturated rings. The SMILES string of the molecule is C[C@@H]1CN([C@@H](C)CO)C(=O)c2cc(/C=C/c3ccccc3)cnc2O[C@H]1CN(C)S(C)(=O)=O. The van der Waals surface area contributed by atoms with Crippen LogP contribution in [0.1, 0.15) is 35.3 Å². The van der Waals surface area contributed by atoms with E-state index in [0.29, 0.717) is 6.54 Å². The molecule has 3 atom stereocenters. The first-order valence-electron chi connectivity index (χ1n) is 10.8. The van der Waals surface area contributed by atoms with Crippen LogP contribution in [-0.2, 0) is 10.0 Å². The summed E-state index contributed by atoms with van der Waals surface area (Å²) < 4.78 is 31.3. The minimum absolute atomic E-state index is 0.117. The van der Waals surface area contributed by atoms with Gasteiger partial charge in [-0.15, -0.1) is 0 Å². The zero-order valence-electron chi connectivity index (χ0n) is 19.4. The summed E-state index contributed by atoms with van der Waals surface area (Å²) in [5.41, 5.74) is 2.02. The molecule has 9 heteroatoms. The first-order chi connectivity index (χ1) is 15.6. The number of aliphatic hydroxyl groups excluding tert-OH is 1. The number of carbonyl (C=O) groups is 1. The third-order valence-electron chi connectivity index (χ3n) is 5.81. The molecule has 0 aliphatic carbocycles. The summed E-state index contributed by atoms with van der Waals surface area (Å²) in [5, 5.41) is 9.74. The number of pyridine rings is 1. The maximum atomic E-state index is 13.4. The molecule has 8 nitrogen and oxygen atoms in total. The molecule has 178 valence electrons. The monoisotopic (exact) mass is 473 g/mol. The molecule has 1 amide bonds. The number of aliphatic hydroxyl groups is 1. The van der Waals surface area contributed by atoms with Crippen molar-refractivity contribution in [2.75, 3.05) is 33.0 Å². The predicted molar refractivity (Wildman–Crippen MR) is 128 cm³/mol. The van der Waals surface area contributed by atoms with Gasteiger partial charge in [0.05, 0.1) is 25.4 Å². The fourth-order valence-corrected chi connectivity index (χ4v) is 3.99. The van der Waals surface area contributed by atoms with Gasteiger partial charge in [0.25, 0.3) is 5.91 Å². The quantitative estimate of drug-likeness (QED) is 0.663. The van der Waals surface area contributed by atoms with Gasteiger partial charge in [0.1, 0.15) is 11.7 Å². The van der Waals surface area contributed by atoms with Crippen LogP contribution >= 0.6 is 0 Å². The third kappa shape index (κ3) is 6.19. The number of nitrogens with zero attached hydrogens (tertiary/aromatic N) is 3. The van der Waals surface area contributed by atoms with Gasteiger partial charge in [0.2, 0.25) is 15.9 Å². The number of carbonyl (C=O) groups excluding carboxylic acids is 1. The Hall–Kier alpha value is -2.75. The molecule has 2 heterocycles. The number of sulfonamides is 1. The summed E-state index contributed by atoms with van der Waals surface area (Å²) in [5.74, 6) is -0.319. The van der Waals surface area contributed by atoms with Gasteiger partial charge in [-0.2, -0.15) is 0 Å². The largest absolute Gasteiger partial charge is 0.472 e. The van der Waals surface area contributed by atoms with Crippen molar-refractivity contribution in [3.63, 3.8) is 0 Å². The van der Waals surface area contributed by atoms with Crippen molar-refractivity contribution in [1.29, 1.82) is 0 Å². The number of benzene rings is 1. The Balaban J connectivity index is 1.99. The Bertz CT molecular complexity index is 1100. The van der Waals surface area contributed by atoms with Gasteiger partial charge in [-0.1, -0.05) is 49.4 Å². The molecule has 33 heavy (non-hydrogen) atoms. The van der Waals surface area contributed by atoms with E-state index in [2.05, 4.69) is 4.98 Å². The summed E-state index contributed by atoms with van der Waals surface area (Å²) >= 11 is 0. The number of hydrogen-bond donors (Lipinski definition) is 1. The van der Waals surface area contributed by atoms with Crippen molar-refractivity contribution in [1.82, 2.24) is 14.2 Å². The molecular weight excluding hydrogens is 442 g/mol. The highest BCUT2D eigenvalue weighted by Gasteiger charge is 2.35. The molecule has 1 aliphatic rings. The lowest BCUT2D eigenvalue weighted by molar-refractivity contribution is 0.0373. The maximum absolute atomic E-state index is 13.4. The van der Waals surface area contributed by atoms with Crippen molar-refractivity contribution >= 4 is 28.1 Å². The molecule has 0 unspecified atom stereocenters. The van der Waals surface area contributed by atoms with Crippen LogP contribution in [0.3, 0.4) is 0 Å². The molecule has 2 aromatic rings. The van der Waals surface area contributed by atoms with Crippen LogP contribution in [0.2, 0.25) is 0 Å². The highest BCUT2D eigenvalue weighted by Crippen LogP contribution is 2.28. The van der Waals surface area contributed by atoms with Crippen LogP contribution in [0.5, 0.6) is 5.88 Å². The first-order valence-corrected chi connectivity index (χ1v) is 12.7. The fourth-order valence-electron chi connectivity index (χ4n) is 3.57. The van der Waals surface area contributed by atoms with E-state index < -0.39 is 22.2 Å². The summed E-state index contributed by atoms with van der Waals surface area (Å²) in [6, 6.07) is 11.1. The number of likely N-dealkylation sites (N-methyl/N-ethyl adjacent to an activating group) is 1. The van der Waals surface area contributed by atoms with Gasteiger partial charge < -0.3 is 14.7 Å². The average Bonchev–Trinajstić information content (AvgIpc) is 2.79. The molecule has 1 aromatic carbocycles. The van der Waals surface area contributed by atoms with Crippen LogP contribution in [0.25, 0.3) is 12.2 Å². The highest BCUT2D eigenvalue weighted by molar-refractivity contribution is 7.88. The second kappa shape index (κ2) is 10.5. The Kier molecular flexibility index (Phi) is 7.88. The van der Waals surface area contributed by atoms with Gasteiger partial charge in [-0.05, 0) is 24.1 Å². The van der Waals surface area contributed by atoms with E-state index in [4.69, 9.17) is 4.74 Å². The second-order valence-corrected chi connectivity index (χ2v) is 10.6. The lowest BCUT2D eigenvalue weighted by Crippen LogP contribution is -2.50. The molecule has 1 aliphatic heterocycles. The third-order valence-corrected chi connectivity index (χ3v) is 7.09. The second-order valence-electron chi connectivity index (χ2n) is 8.53. The standard InChI is InChI=1S/C24H31N3O5S/c1-17-14-27(18(2)16-28)24(29)21-12-20(11-10-19-8-6-5-7-9-19)13-25-23(21)32-22(17)15-26(3)33(4,30)31/h5-13,17-18,22,28H,14-16H2,1-4H3/b11-10+/t17-,18+,22+/m1/s1. The van der Waals surface area contributed by atoms with Gasteiger partial charge in [-0.3, -0.25) is 4.79 Å². The maximum Gasteiger partial charge on any atom is 0.259 e. The molecule has 0 saturated carbocycles. The average molecular weight is 474 g/mol. The Morgan fingerprint density at radius 1 is 1.27 bits per heavy atom. The Morgan fingerprint density at radius 2 is 1.94 bits per heavy atom. The minimum Gasteiger partial charge on any atom is -0.472 e. The topological polar surface area (TPSA) is 100 Å². The first kappa shape index (κ1) is 24.9. The number of rotatable bonds is 7. The van der Waals surface area contributed by atoms with Gasteiger partial charge in [-0.25, -0.2) is 17.7 Å². The number of aromatic nitrogens is 1. The van der Waals surface area contributed by atoms with E-state index in [0.717, 1.165) is 17.4 Å². The molecule has 1 N–H and O–H groups in total. The number of amides is 1. The van der Waals surface area contributed by atoms with Gasteiger partial charge in [0.15, 0.2) is 0 Å². The van der Waals surface area contributed by atoms with Crippen LogP contribution in [0.15, 0.2) is 42.6 Å². The van der Waals surface area contributed by atoms with E-state index in [1.165, 1.54) is 11.4 Å². The smallest absolute Gasteiger partial charge is 0.259 e. The van der Waals surface area contributed by atoms with Crippen LogP contribution in [0, 0.1) is 5.92 Å². The van der Waals surface area contributed by atoms with Gasteiger partial charge >= 0.3 is 0 Å². The van der Waals surface area contributed by atoms with E-state index in [9.17, 15) is 18.3 Å². The lowest BCUT2D eigenvalue weighted by Gasteiger charge is -2.37. The summed E-state index contributed by atoms with van der Waals surface area (Å²) in [7, 11) is -1.91. The van der Waals surface area contributed by atoms with E-state index in [1.807, 2.05) is 49.4 Å². The van der Waals surface area contributed by atoms with Crippen molar-refractivity contribution in [2.45, 2.75) is 26.0 Å². The summed E-state index contributed by atoms with van der Waals surface area (Å²) in [6.07, 6.45) is 6.03. The zero-order valence-corrected chi connectivity index (χ0v) is 20.2. The van der Waals surface area contributed by atoms with Crippen molar-refractivity contribution < 1.29 is 23.1 Å². The Morgan fingerprint density at radius 3 is 2.58 bits per heavy atom. The molecular formula is C24H31N3O5S. The number of ether oxygens (including phenoxy) is 1. The molecule has 0 saturated heterocycles. The molecule has 0 bridgehead atoms. The van der Waals surface area contributed by atoms with E-state index in [1.54, 1.807) is 24.1 Å². The molecule has 0 radical (unpaired) electrons. The number of hydrogen-bond acceptors (Lipinski definition) is 6. The highest BCUT2D eigenvalue weighted by atomic mass is 32.2. The van der Waals surface area contributed by atoms with Crippen LogP contribution < -0.4 is 4.74 Å². The lowest BCUT2D eigenvalue weighted by atomic mass is 10.00. The number of fused-ring (bicyclic) bond motifs is 1.